The molecule has 0 unspecified atom stereocenters. The zero-order valence-electron chi connectivity index (χ0n) is 8.50. The fraction of sp³-hybridized carbons (Fsp3) is 1.00. The molecule has 0 aliphatic heterocycles. The van der Waals surface area contributed by atoms with E-state index in [9.17, 15) is 8.42 Å². The number of aliphatic hydroxyl groups is 1. The Hall–Kier alpha value is -0.130. The van der Waals surface area contributed by atoms with Crippen molar-refractivity contribution >= 4 is 10.0 Å². The van der Waals surface area contributed by atoms with Crippen molar-refractivity contribution in [1.29, 1.82) is 0 Å². The molecule has 2 N–H and O–H groups in total. The number of aliphatic hydroxyl groups excluding tert-OH is 1. The Labute approximate surface area is 80.4 Å². The Kier molecular flexibility index (Phi) is 4.88. The molecule has 0 heterocycles. The van der Waals surface area contributed by atoms with E-state index in [1.165, 1.54) is 0 Å². The third-order valence-corrected chi connectivity index (χ3v) is 3.21. The third-order valence-electron chi connectivity index (χ3n) is 2.54. The fourth-order valence-corrected chi connectivity index (χ4v) is 1.63. The van der Waals surface area contributed by atoms with Gasteiger partial charge in [0.2, 0.25) is 10.0 Å². The summed E-state index contributed by atoms with van der Waals surface area (Å²) in [7, 11) is -3.15. The second-order valence-electron chi connectivity index (χ2n) is 3.46. The van der Waals surface area contributed by atoms with Gasteiger partial charge in [0.05, 0.1) is 6.26 Å². The van der Waals surface area contributed by atoms with E-state index < -0.39 is 10.0 Å². The maximum Gasteiger partial charge on any atom is 0.208 e. The number of sulfonamides is 1. The molecule has 0 aliphatic rings. The molecule has 0 saturated carbocycles. The van der Waals surface area contributed by atoms with Gasteiger partial charge in [0, 0.05) is 18.6 Å². The van der Waals surface area contributed by atoms with Crippen molar-refractivity contribution in [2.75, 3.05) is 19.4 Å². The average Bonchev–Trinajstić information content (AvgIpc) is 2.06. The van der Waals surface area contributed by atoms with Crippen molar-refractivity contribution in [3.8, 4) is 0 Å². The average molecular weight is 209 g/mol. The van der Waals surface area contributed by atoms with Gasteiger partial charge in [-0.15, -0.1) is 0 Å². The summed E-state index contributed by atoms with van der Waals surface area (Å²) in [5, 5.41) is 9.14. The molecule has 0 bridgehead atoms. The molecule has 0 aromatic heterocycles. The van der Waals surface area contributed by atoms with Gasteiger partial charge in [0.1, 0.15) is 0 Å². The number of nitrogens with one attached hydrogen (secondary N) is 1. The number of hydrogen-bond acceptors (Lipinski definition) is 3. The molecule has 0 atom stereocenters. The molecule has 0 spiro atoms. The summed E-state index contributed by atoms with van der Waals surface area (Å²) in [6, 6.07) is 0. The Morgan fingerprint density at radius 1 is 1.31 bits per heavy atom. The van der Waals surface area contributed by atoms with E-state index in [0.29, 0.717) is 6.54 Å². The van der Waals surface area contributed by atoms with Crippen LogP contribution in [0.15, 0.2) is 0 Å². The van der Waals surface area contributed by atoms with Gasteiger partial charge in [0.15, 0.2) is 0 Å². The van der Waals surface area contributed by atoms with Gasteiger partial charge in [0.25, 0.3) is 0 Å². The minimum absolute atomic E-state index is 0.0164. The van der Waals surface area contributed by atoms with Gasteiger partial charge >= 0.3 is 0 Å². The lowest BCUT2D eigenvalue weighted by atomic mass is 9.84. The molecule has 13 heavy (non-hydrogen) atoms. The van der Waals surface area contributed by atoms with Crippen molar-refractivity contribution < 1.29 is 13.5 Å². The van der Waals surface area contributed by atoms with Gasteiger partial charge in [-0.05, 0) is 12.8 Å². The van der Waals surface area contributed by atoms with Crippen LogP contribution in [0.4, 0.5) is 0 Å². The predicted molar refractivity (Wildman–Crippen MR) is 52.9 cm³/mol. The van der Waals surface area contributed by atoms with Gasteiger partial charge in [-0.3, -0.25) is 0 Å². The van der Waals surface area contributed by atoms with Crippen LogP contribution in [0.25, 0.3) is 0 Å². The fourth-order valence-electron chi connectivity index (χ4n) is 1.06. The molecule has 0 radical (unpaired) electrons. The van der Waals surface area contributed by atoms with E-state index in [4.69, 9.17) is 5.11 Å². The predicted octanol–water partition coefficient (Wildman–Crippen LogP) is 0.334. The molecule has 0 rings (SSSR count). The minimum Gasteiger partial charge on any atom is -0.396 e. The monoisotopic (exact) mass is 209 g/mol. The molecule has 0 aromatic carbocycles. The summed E-state index contributed by atoms with van der Waals surface area (Å²) in [6.45, 7) is 4.23. The SMILES string of the molecule is CCC(CC)(CO)CNS(C)(=O)=O. The van der Waals surface area contributed by atoms with Gasteiger partial charge in [-0.25, -0.2) is 13.1 Å². The Balaban J connectivity index is 4.27. The van der Waals surface area contributed by atoms with Crippen LogP contribution in [0, 0.1) is 5.41 Å². The van der Waals surface area contributed by atoms with Crippen LogP contribution in [-0.2, 0) is 10.0 Å². The smallest absolute Gasteiger partial charge is 0.208 e. The molecule has 0 amide bonds. The number of rotatable bonds is 6. The lowest BCUT2D eigenvalue weighted by molar-refractivity contribution is 0.119. The summed E-state index contributed by atoms with van der Waals surface area (Å²) in [5.74, 6) is 0. The summed E-state index contributed by atoms with van der Waals surface area (Å²) in [6.07, 6.45) is 2.66. The highest BCUT2D eigenvalue weighted by molar-refractivity contribution is 7.88. The van der Waals surface area contributed by atoms with E-state index in [-0.39, 0.29) is 12.0 Å². The Morgan fingerprint density at radius 2 is 1.77 bits per heavy atom. The first-order chi connectivity index (χ1) is 5.89. The minimum atomic E-state index is -3.15. The third kappa shape index (κ3) is 4.59. The maximum absolute atomic E-state index is 10.8. The first kappa shape index (κ1) is 12.9. The molecule has 0 saturated heterocycles. The molecule has 0 aliphatic carbocycles. The summed E-state index contributed by atoms with van der Waals surface area (Å²) >= 11 is 0. The van der Waals surface area contributed by atoms with E-state index in [1.54, 1.807) is 0 Å². The molecule has 80 valence electrons. The second-order valence-corrected chi connectivity index (χ2v) is 5.29. The van der Waals surface area contributed by atoms with Crippen LogP contribution in [0.2, 0.25) is 0 Å². The highest BCUT2D eigenvalue weighted by atomic mass is 32.2. The van der Waals surface area contributed by atoms with Gasteiger partial charge in [-0.1, -0.05) is 13.8 Å². The maximum atomic E-state index is 10.8. The van der Waals surface area contributed by atoms with Crippen LogP contribution >= 0.6 is 0 Å². The quantitative estimate of drug-likeness (QED) is 0.662. The normalized spacial score (nSPS) is 13.2. The Bertz CT molecular complexity index is 224. The Morgan fingerprint density at radius 3 is 2.00 bits per heavy atom. The zero-order chi connectivity index (χ0) is 10.5. The summed E-state index contributed by atoms with van der Waals surface area (Å²) < 4.78 is 24.1. The van der Waals surface area contributed by atoms with E-state index in [2.05, 4.69) is 4.72 Å². The largest absolute Gasteiger partial charge is 0.396 e. The van der Waals surface area contributed by atoms with Crippen molar-refractivity contribution in [2.24, 2.45) is 5.41 Å². The van der Waals surface area contributed by atoms with Crippen molar-refractivity contribution in [3.05, 3.63) is 0 Å². The van der Waals surface area contributed by atoms with E-state index in [0.717, 1.165) is 19.1 Å². The molecule has 0 aromatic rings. The van der Waals surface area contributed by atoms with E-state index in [1.807, 2.05) is 13.8 Å². The molecule has 4 nitrogen and oxygen atoms in total. The van der Waals surface area contributed by atoms with Crippen LogP contribution < -0.4 is 4.72 Å². The zero-order valence-corrected chi connectivity index (χ0v) is 9.32. The van der Waals surface area contributed by atoms with Crippen molar-refractivity contribution in [2.45, 2.75) is 26.7 Å². The second kappa shape index (κ2) is 4.93. The van der Waals surface area contributed by atoms with Gasteiger partial charge < -0.3 is 5.11 Å². The number of hydrogen-bond donors (Lipinski definition) is 2. The standard InChI is InChI=1S/C8H19NO3S/c1-4-8(5-2,7-10)6-9-13(3,11)12/h9-10H,4-7H2,1-3H3. The van der Waals surface area contributed by atoms with Crippen molar-refractivity contribution in [3.63, 3.8) is 0 Å². The first-order valence-corrected chi connectivity index (χ1v) is 6.34. The molecular weight excluding hydrogens is 190 g/mol. The van der Waals surface area contributed by atoms with Crippen LogP contribution in [0.1, 0.15) is 26.7 Å². The van der Waals surface area contributed by atoms with Crippen molar-refractivity contribution in [1.82, 2.24) is 4.72 Å². The van der Waals surface area contributed by atoms with E-state index >= 15 is 0 Å². The summed E-state index contributed by atoms with van der Waals surface area (Å²) in [5.41, 5.74) is -0.302. The molecular formula is C8H19NO3S. The molecule has 0 fully saturated rings. The highest BCUT2D eigenvalue weighted by Crippen LogP contribution is 2.24. The van der Waals surface area contributed by atoms with Crippen LogP contribution in [-0.4, -0.2) is 32.9 Å². The highest BCUT2D eigenvalue weighted by Gasteiger charge is 2.25. The van der Waals surface area contributed by atoms with Gasteiger partial charge in [-0.2, -0.15) is 0 Å². The van der Waals surface area contributed by atoms with Crippen LogP contribution in [0.3, 0.4) is 0 Å². The topological polar surface area (TPSA) is 66.4 Å². The lowest BCUT2D eigenvalue weighted by Gasteiger charge is -2.28. The van der Waals surface area contributed by atoms with Crippen LogP contribution in [0.5, 0.6) is 0 Å². The molecule has 5 heteroatoms. The lowest BCUT2D eigenvalue weighted by Crippen LogP contribution is -2.38. The summed E-state index contributed by atoms with van der Waals surface area (Å²) in [4.78, 5) is 0. The first-order valence-electron chi connectivity index (χ1n) is 4.44.